The van der Waals surface area contributed by atoms with Crippen molar-refractivity contribution in [3.8, 4) is 11.8 Å². The minimum atomic E-state index is -0.410. The third kappa shape index (κ3) is 4.89. The fourth-order valence-electron chi connectivity index (χ4n) is 3.65. The van der Waals surface area contributed by atoms with Crippen molar-refractivity contribution >= 4 is 29.3 Å². The Morgan fingerprint density at radius 3 is 2.33 bits per heavy atom. The van der Waals surface area contributed by atoms with Gasteiger partial charge in [-0.15, -0.1) is 0 Å². The number of thioether (sulfide) groups is 1. The van der Waals surface area contributed by atoms with Crippen LogP contribution in [0.15, 0.2) is 41.4 Å². The van der Waals surface area contributed by atoms with E-state index in [0.29, 0.717) is 27.4 Å². The summed E-state index contributed by atoms with van der Waals surface area (Å²) in [5, 5.41) is 9.88. The fraction of sp³-hybridized carbons (Fsp3) is 0.240. The zero-order valence-electron chi connectivity index (χ0n) is 19.1. The number of hydrogen-bond donors (Lipinski definition) is 0. The van der Waals surface area contributed by atoms with Crippen LogP contribution >= 0.6 is 11.8 Å². The van der Waals surface area contributed by atoms with Gasteiger partial charge in [0.1, 0.15) is 11.1 Å². The van der Waals surface area contributed by atoms with Gasteiger partial charge in [-0.1, -0.05) is 11.8 Å². The van der Waals surface area contributed by atoms with Crippen molar-refractivity contribution in [3.63, 3.8) is 0 Å². The topological polar surface area (TPSA) is 102 Å². The predicted octanol–water partition coefficient (Wildman–Crippen LogP) is 4.63. The van der Waals surface area contributed by atoms with Crippen LogP contribution in [0.25, 0.3) is 5.69 Å². The van der Waals surface area contributed by atoms with Gasteiger partial charge in [0.05, 0.1) is 24.0 Å². The molecular weight excluding hydrogens is 438 g/mol. The minimum absolute atomic E-state index is 0.0930. The highest BCUT2D eigenvalue weighted by molar-refractivity contribution is 8.00. The first-order chi connectivity index (χ1) is 15.7. The number of nitrogens with zero attached hydrogens (tertiary/aromatic N) is 3. The van der Waals surface area contributed by atoms with Crippen molar-refractivity contribution in [2.45, 2.75) is 32.7 Å². The zero-order chi connectivity index (χ0) is 24.3. The molecular formula is C25H23N3O4S. The fourth-order valence-corrected chi connectivity index (χ4v) is 4.53. The van der Waals surface area contributed by atoms with Gasteiger partial charge in [0.15, 0.2) is 11.6 Å². The number of rotatable bonds is 7. The molecule has 3 aromatic rings. The normalized spacial score (nSPS) is 10.5. The minimum Gasteiger partial charge on any atom is -0.465 e. The Morgan fingerprint density at radius 2 is 1.76 bits per heavy atom. The molecule has 0 aliphatic rings. The molecule has 8 heteroatoms. The summed E-state index contributed by atoms with van der Waals surface area (Å²) in [6.45, 7) is 6.91. The van der Waals surface area contributed by atoms with Crippen molar-refractivity contribution in [2.24, 2.45) is 0 Å². The Labute approximate surface area is 196 Å². The highest BCUT2D eigenvalue weighted by atomic mass is 32.2. The number of aryl methyl sites for hydroxylation is 2. The number of hydrogen-bond acceptors (Lipinski definition) is 7. The number of benzene rings is 1. The van der Waals surface area contributed by atoms with Crippen LogP contribution in [0.1, 0.15) is 60.6 Å². The van der Waals surface area contributed by atoms with Gasteiger partial charge in [-0.05, 0) is 64.1 Å². The number of ether oxygens (including phenoxy) is 1. The first-order valence-electron chi connectivity index (χ1n) is 10.1. The van der Waals surface area contributed by atoms with Crippen molar-refractivity contribution < 1.29 is 19.1 Å². The summed E-state index contributed by atoms with van der Waals surface area (Å²) in [5.41, 5.74) is 4.72. The lowest BCUT2D eigenvalue weighted by atomic mass is 10.1. The molecule has 0 unspecified atom stereocenters. The summed E-state index contributed by atoms with van der Waals surface area (Å²) >= 11 is 1.18. The standard InChI is InChI=1S/C25H23N3O4S/c1-14-10-22(16(3)28(14)20-8-6-18(7-9-20)25(31)32-5)23(30)13-33-24-19(12-26)11-21(17(4)29)15(2)27-24/h6-11H,13H2,1-5H3. The number of esters is 1. The van der Waals surface area contributed by atoms with Crippen molar-refractivity contribution in [2.75, 3.05) is 12.9 Å². The lowest BCUT2D eigenvalue weighted by Crippen LogP contribution is -2.07. The highest BCUT2D eigenvalue weighted by Crippen LogP contribution is 2.27. The maximum atomic E-state index is 13.0. The average molecular weight is 462 g/mol. The predicted molar refractivity (Wildman–Crippen MR) is 125 cm³/mol. The molecule has 2 aromatic heterocycles. The second-order valence-electron chi connectivity index (χ2n) is 7.51. The molecule has 3 rings (SSSR count). The van der Waals surface area contributed by atoms with E-state index in [9.17, 15) is 19.6 Å². The molecule has 33 heavy (non-hydrogen) atoms. The van der Waals surface area contributed by atoms with E-state index in [1.54, 1.807) is 31.2 Å². The van der Waals surface area contributed by atoms with Crippen LogP contribution in [0.2, 0.25) is 0 Å². The first kappa shape index (κ1) is 24.0. The molecule has 168 valence electrons. The maximum Gasteiger partial charge on any atom is 0.337 e. The van der Waals surface area contributed by atoms with Crippen LogP contribution in [0, 0.1) is 32.1 Å². The molecule has 0 atom stereocenters. The van der Waals surface area contributed by atoms with Gasteiger partial charge in [-0.2, -0.15) is 5.26 Å². The van der Waals surface area contributed by atoms with E-state index in [-0.39, 0.29) is 22.9 Å². The van der Waals surface area contributed by atoms with E-state index in [1.165, 1.54) is 31.9 Å². The second kappa shape index (κ2) is 9.84. The summed E-state index contributed by atoms with van der Waals surface area (Å²) in [7, 11) is 1.33. The quantitative estimate of drug-likeness (QED) is 0.287. The largest absolute Gasteiger partial charge is 0.465 e. The van der Waals surface area contributed by atoms with E-state index in [4.69, 9.17) is 4.74 Å². The molecule has 0 fully saturated rings. The SMILES string of the molecule is COC(=O)c1ccc(-n2c(C)cc(C(=O)CSc3nc(C)c(C(C)=O)cc3C#N)c2C)cc1. The van der Waals surface area contributed by atoms with Gasteiger partial charge in [0.2, 0.25) is 0 Å². The summed E-state index contributed by atoms with van der Waals surface area (Å²) in [6.07, 6.45) is 0. The number of Topliss-reactive ketones (excluding diaryl/α,β-unsaturated/α-hetero) is 2. The Balaban J connectivity index is 1.84. The van der Waals surface area contributed by atoms with Crippen LogP contribution in [0.5, 0.6) is 0 Å². The Morgan fingerprint density at radius 1 is 1.09 bits per heavy atom. The number of carbonyl (C=O) groups excluding carboxylic acids is 3. The third-order valence-corrected chi connectivity index (χ3v) is 6.29. The molecule has 0 spiro atoms. The van der Waals surface area contributed by atoms with Crippen molar-refractivity contribution in [3.05, 3.63) is 75.7 Å². The van der Waals surface area contributed by atoms with E-state index in [1.807, 2.05) is 24.5 Å². The number of aromatic nitrogens is 2. The summed E-state index contributed by atoms with van der Waals surface area (Å²) in [6, 6.07) is 12.4. The summed E-state index contributed by atoms with van der Waals surface area (Å²) in [4.78, 5) is 40.8. The van der Waals surface area contributed by atoms with Crippen LogP contribution in [-0.4, -0.2) is 39.9 Å². The van der Waals surface area contributed by atoms with E-state index in [0.717, 1.165) is 17.1 Å². The number of methoxy groups -OCH3 is 1. The monoisotopic (exact) mass is 461 g/mol. The molecule has 0 aliphatic carbocycles. The van der Waals surface area contributed by atoms with E-state index < -0.39 is 5.97 Å². The summed E-state index contributed by atoms with van der Waals surface area (Å²) in [5.74, 6) is -0.556. The zero-order valence-corrected chi connectivity index (χ0v) is 19.9. The highest BCUT2D eigenvalue weighted by Gasteiger charge is 2.19. The van der Waals surface area contributed by atoms with Crippen LogP contribution < -0.4 is 0 Å². The van der Waals surface area contributed by atoms with Gasteiger partial charge in [0.25, 0.3) is 0 Å². The van der Waals surface area contributed by atoms with Crippen LogP contribution in [0.3, 0.4) is 0 Å². The van der Waals surface area contributed by atoms with Gasteiger partial charge in [-0.3, -0.25) is 9.59 Å². The van der Waals surface area contributed by atoms with Gasteiger partial charge in [0, 0.05) is 33.9 Å². The number of ketones is 2. The molecule has 0 radical (unpaired) electrons. The Hall–Kier alpha value is -3.70. The molecule has 0 saturated heterocycles. The molecule has 0 bridgehead atoms. The smallest absolute Gasteiger partial charge is 0.337 e. The van der Waals surface area contributed by atoms with Crippen LogP contribution in [0.4, 0.5) is 0 Å². The average Bonchev–Trinajstić information content (AvgIpc) is 3.10. The second-order valence-corrected chi connectivity index (χ2v) is 8.48. The van der Waals surface area contributed by atoms with Gasteiger partial charge < -0.3 is 9.30 Å². The van der Waals surface area contributed by atoms with Crippen molar-refractivity contribution in [1.29, 1.82) is 5.26 Å². The molecule has 0 saturated carbocycles. The van der Waals surface area contributed by atoms with Gasteiger partial charge >= 0.3 is 5.97 Å². The lowest BCUT2D eigenvalue weighted by Gasteiger charge is -2.11. The van der Waals surface area contributed by atoms with Gasteiger partial charge in [-0.25, -0.2) is 9.78 Å². The summed E-state index contributed by atoms with van der Waals surface area (Å²) < 4.78 is 6.68. The molecule has 2 heterocycles. The number of carbonyl (C=O) groups is 3. The van der Waals surface area contributed by atoms with Crippen molar-refractivity contribution in [1.82, 2.24) is 9.55 Å². The van der Waals surface area contributed by atoms with E-state index >= 15 is 0 Å². The third-order valence-electron chi connectivity index (χ3n) is 5.30. The Kier molecular flexibility index (Phi) is 7.14. The maximum absolute atomic E-state index is 13.0. The molecule has 7 nitrogen and oxygen atoms in total. The number of nitriles is 1. The van der Waals surface area contributed by atoms with E-state index in [2.05, 4.69) is 11.1 Å². The lowest BCUT2D eigenvalue weighted by molar-refractivity contribution is 0.0600. The van der Waals surface area contributed by atoms with Crippen LogP contribution in [-0.2, 0) is 4.74 Å². The molecule has 0 aliphatic heterocycles. The molecule has 0 N–H and O–H groups in total. The number of pyridine rings is 1. The molecule has 1 aromatic carbocycles. The Bertz CT molecular complexity index is 1300. The molecule has 0 amide bonds. The first-order valence-corrected chi connectivity index (χ1v) is 11.1.